The molecule has 0 heterocycles. The molecule has 1 rings (SSSR count). The maximum absolute atomic E-state index is 5.15. The highest BCUT2D eigenvalue weighted by Crippen LogP contribution is 2.26. The van der Waals surface area contributed by atoms with E-state index < -0.39 is 0 Å². The molecule has 0 saturated heterocycles. The molecule has 1 fully saturated rings. The van der Waals surface area contributed by atoms with Crippen LogP contribution >= 0.6 is 0 Å². The Kier molecular flexibility index (Phi) is 6.20. The fourth-order valence-electron chi connectivity index (χ4n) is 2.31. The summed E-state index contributed by atoms with van der Waals surface area (Å²) in [6.07, 6.45) is 8.37. The average Bonchev–Trinajstić information content (AvgIpc) is 2.69. The van der Waals surface area contributed by atoms with Crippen LogP contribution in [0.1, 0.15) is 45.4 Å². The Labute approximate surface area is 88.4 Å². The Hall–Kier alpha value is -0.0800. The van der Waals surface area contributed by atoms with Crippen LogP contribution in [0.3, 0.4) is 0 Å². The minimum Gasteiger partial charge on any atom is -0.383 e. The predicted octanol–water partition coefficient (Wildman–Crippen LogP) is 2.58. The lowest BCUT2D eigenvalue weighted by Gasteiger charge is -2.17. The molecule has 0 aromatic heterocycles. The third-order valence-corrected chi connectivity index (χ3v) is 3.32. The van der Waals surface area contributed by atoms with Crippen molar-refractivity contribution >= 4 is 0 Å². The van der Waals surface area contributed by atoms with E-state index in [1.165, 1.54) is 45.1 Å². The SMILES string of the molecule is CCC(COC)NCCC1CCCC1. The van der Waals surface area contributed by atoms with Crippen LogP contribution in [0.5, 0.6) is 0 Å². The van der Waals surface area contributed by atoms with Crippen LogP contribution in [0.2, 0.25) is 0 Å². The highest BCUT2D eigenvalue weighted by atomic mass is 16.5. The fourth-order valence-corrected chi connectivity index (χ4v) is 2.31. The molecule has 1 saturated carbocycles. The Morgan fingerprint density at radius 2 is 2.07 bits per heavy atom. The Morgan fingerprint density at radius 1 is 1.36 bits per heavy atom. The summed E-state index contributed by atoms with van der Waals surface area (Å²) in [4.78, 5) is 0. The molecular weight excluding hydrogens is 174 g/mol. The maximum Gasteiger partial charge on any atom is 0.0615 e. The number of hydrogen-bond donors (Lipinski definition) is 1. The smallest absolute Gasteiger partial charge is 0.0615 e. The molecule has 14 heavy (non-hydrogen) atoms. The minimum absolute atomic E-state index is 0.557. The molecule has 84 valence electrons. The summed E-state index contributed by atoms with van der Waals surface area (Å²) in [5.74, 6) is 1.00. The lowest BCUT2D eigenvalue weighted by Crippen LogP contribution is -2.33. The second-order valence-electron chi connectivity index (χ2n) is 4.45. The first-order valence-electron chi connectivity index (χ1n) is 6.09. The zero-order valence-corrected chi connectivity index (χ0v) is 9.72. The van der Waals surface area contributed by atoms with Gasteiger partial charge in [-0.3, -0.25) is 0 Å². The van der Waals surface area contributed by atoms with Crippen molar-refractivity contribution in [2.75, 3.05) is 20.3 Å². The lowest BCUT2D eigenvalue weighted by molar-refractivity contribution is 0.163. The second kappa shape index (κ2) is 7.24. The summed E-state index contributed by atoms with van der Waals surface area (Å²) >= 11 is 0. The molecule has 0 spiro atoms. The molecule has 1 unspecified atom stereocenters. The zero-order chi connectivity index (χ0) is 10.2. The van der Waals surface area contributed by atoms with Gasteiger partial charge in [-0.1, -0.05) is 32.6 Å². The van der Waals surface area contributed by atoms with Crippen LogP contribution in [-0.2, 0) is 4.74 Å². The molecule has 0 aliphatic heterocycles. The lowest BCUT2D eigenvalue weighted by atomic mass is 10.0. The van der Waals surface area contributed by atoms with Crippen molar-refractivity contribution in [1.29, 1.82) is 0 Å². The standard InChI is InChI=1S/C12H25NO/c1-3-12(10-14-2)13-9-8-11-6-4-5-7-11/h11-13H,3-10H2,1-2H3. The number of methoxy groups -OCH3 is 1. The van der Waals surface area contributed by atoms with E-state index in [4.69, 9.17) is 4.74 Å². The van der Waals surface area contributed by atoms with Crippen molar-refractivity contribution < 1.29 is 4.74 Å². The van der Waals surface area contributed by atoms with E-state index in [-0.39, 0.29) is 0 Å². The summed E-state index contributed by atoms with van der Waals surface area (Å²) in [5.41, 5.74) is 0. The highest BCUT2D eigenvalue weighted by Gasteiger charge is 2.14. The summed E-state index contributed by atoms with van der Waals surface area (Å²) in [6.45, 7) is 4.24. The molecule has 1 aliphatic carbocycles. The third-order valence-electron chi connectivity index (χ3n) is 3.32. The number of hydrogen-bond acceptors (Lipinski definition) is 2. The fraction of sp³-hybridized carbons (Fsp3) is 1.00. The molecule has 2 nitrogen and oxygen atoms in total. The van der Waals surface area contributed by atoms with Gasteiger partial charge in [0.15, 0.2) is 0 Å². The molecule has 0 bridgehead atoms. The first kappa shape index (κ1) is 12.0. The van der Waals surface area contributed by atoms with E-state index in [2.05, 4.69) is 12.2 Å². The summed E-state index contributed by atoms with van der Waals surface area (Å²) in [6, 6.07) is 0.557. The van der Waals surface area contributed by atoms with E-state index in [0.29, 0.717) is 6.04 Å². The number of ether oxygens (including phenoxy) is 1. The molecule has 0 aromatic rings. The van der Waals surface area contributed by atoms with Crippen LogP contribution in [-0.4, -0.2) is 26.3 Å². The van der Waals surface area contributed by atoms with Crippen molar-refractivity contribution in [3.8, 4) is 0 Å². The maximum atomic E-state index is 5.15. The van der Waals surface area contributed by atoms with Crippen molar-refractivity contribution in [1.82, 2.24) is 5.32 Å². The van der Waals surface area contributed by atoms with E-state index in [1.54, 1.807) is 7.11 Å². The molecule has 1 aliphatic rings. The van der Waals surface area contributed by atoms with Gasteiger partial charge < -0.3 is 10.1 Å². The van der Waals surface area contributed by atoms with Gasteiger partial charge >= 0.3 is 0 Å². The van der Waals surface area contributed by atoms with Crippen molar-refractivity contribution in [2.45, 2.75) is 51.5 Å². The van der Waals surface area contributed by atoms with Gasteiger partial charge in [-0.15, -0.1) is 0 Å². The van der Waals surface area contributed by atoms with Crippen LogP contribution in [0.25, 0.3) is 0 Å². The van der Waals surface area contributed by atoms with Gasteiger partial charge in [-0.2, -0.15) is 0 Å². The van der Waals surface area contributed by atoms with Gasteiger partial charge in [0.1, 0.15) is 0 Å². The molecule has 0 aromatic carbocycles. The summed E-state index contributed by atoms with van der Waals surface area (Å²) in [5, 5.41) is 3.57. The van der Waals surface area contributed by atoms with Gasteiger partial charge in [0.05, 0.1) is 6.61 Å². The zero-order valence-electron chi connectivity index (χ0n) is 9.72. The van der Waals surface area contributed by atoms with Gasteiger partial charge in [-0.05, 0) is 25.3 Å². The average molecular weight is 199 g/mol. The van der Waals surface area contributed by atoms with Crippen LogP contribution < -0.4 is 5.32 Å². The van der Waals surface area contributed by atoms with E-state index >= 15 is 0 Å². The number of nitrogens with one attached hydrogen (secondary N) is 1. The van der Waals surface area contributed by atoms with Crippen molar-refractivity contribution in [3.05, 3.63) is 0 Å². The second-order valence-corrected chi connectivity index (χ2v) is 4.45. The highest BCUT2D eigenvalue weighted by molar-refractivity contribution is 4.70. The van der Waals surface area contributed by atoms with Crippen LogP contribution in [0, 0.1) is 5.92 Å². The van der Waals surface area contributed by atoms with Gasteiger partial charge in [0, 0.05) is 13.2 Å². The normalized spacial score (nSPS) is 20.1. The van der Waals surface area contributed by atoms with Crippen LogP contribution in [0.15, 0.2) is 0 Å². The Balaban J connectivity index is 2.00. The van der Waals surface area contributed by atoms with Crippen LogP contribution in [0.4, 0.5) is 0 Å². The molecule has 0 amide bonds. The van der Waals surface area contributed by atoms with Gasteiger partial charge in [-0.25, -0.2) is 0 Å². The Bertz CT molecular complexity index is 132. The molecule has 2 heteroatoms. The third kappa shape index (κ3) is 4.43. The monoisotopic (exact) mass is 199 g/mol. The molecule has 1 atom stereocenters. The molecule has 0 radical (unpaired) electrons. The summed E-state index contributed by atoms with van der Waals surface area (Å²) in [7, 11) is 1.78. The molecular formula is C12H25NO. The Morgan fingerprint density at radius 3 is 2.64 bits per heavy atom. The first-order valence-corrected chi connectivity index (χ1v) is 6.09. The largest absolute Gasteiger partial charge is 0.383 e. The van der Waals surface area contributed by atoms with E-state index in [9.17, 15) is 0 Å². The van der Waals surface area contributed by atoms with Gasteiger partial charge in [0.25, 0.3) is 0 Å². The number of rotatable bonds is 7. The topological polar surface area (TPSA) is 21.3 Å². The quantitative estimate of drug-likeness (QED) is 0.680. The first-order chi connectivity index (χ1) is 6.86. The van der Waals surface area contributed by atoms with E-state index in [0.717, 1.165) is 12.5 Å². The van der Waals surface area contributed by atoms with Crippen molar-refractivity contribution in [2.24, 2.45) is 5.92 Å². The van der Waals surface area contributed by atoms with Gasteiger partial charge in [0.2, 0.25) is 0 Å². The van der Waals surface area contributed by atoms with E-state index in [1.807, 2.05) is 0 Å². The van der Waals surface area contributed by atoms with Crippen molar-refractivity contribution in [3.63, 3.8) is 0 Å². The molecule has 1 N–H and O–H groups in total. The summed E-state index contributed by atoms with van der Waals surface area (Å²) < 4.78 is 5.15. The minimum atomic E-state index is 0.557. The predicted molar refractivity (Wildman–Crippen MR) is 60.5 cm³/mol.